The van der Waals surface area contributed by atoms with Crippen molar-refractivity contribution in [1.82, 2.24) is 10.2 Å². The zero-order chi connectivity index (χ0) is 18.7. The molecule has 2 atom stereocenters. The average Bonchev–Trinajstić information content (AvgIpc) is 2.94. The number of nitrogens with one attached hydrogen (secondary N) is 2. The van der Waals surface area contributed by atoms with Gasteiger partial charge in [0.15, 0.2) is 0 Å². The third-order valence-corrected chi connectivity index (χ3v) is 5.33. The zero-order valence-electron chi connectivity index (χ0n) is 14.9. The Morgan fingerprint density at radius 2 is 1.81 bits per heavy atom. The normalized spacial score (nSPS) is 24.3. The van der Waals surface area contributed by atoms with Gasteiger partial charge >= 0.3 is 0 Å². The SMILES string of the molecule is CCN(CC(=O)Nc1c(F)cccc1F)C(=O)CC1CC2CCC(C1)N2. The zero-order valence-corrected chi connectivity index (χ0v) is 14.9. The molecule has 2 saturated heterocycles. The molecule has 2 N–H and O–H groups in total. The molecule has 0 aliphatic carbocycles. The number of carbonyl (C=O) groups is 2. The maximum absolute atomic E-state index is 13.6. The number of anilines is 1. The van der Waals surface area contributed by atoms with Gasteiger partial charge in [0.2, 0.25) is 11.8 Å². The Labute approximate surface area is 152 Å². The van der Waals surface area contributed by atoms with Crippen molar-refractivity contribution in [3.8, 4) is 0 Å². The van der Waals surface area contributed by atoms with Gasteiger partial charge in [0.05, 0.1) is 6.54 Å². The maximum Gasteiger partial charge on any atom is 0.244 e. The third-order valence-electron chi connectivity index (χ3n) is 5.33. The van der Waals surface area contributed by atoms with Crippen molar-refractivity contribution < 1.29 is 18.4 Å². The van der Waals surface area contributed by atoms with Crippen molar-refractivity contribution in [2.24, 2.45) is 5.92 Å². The Kier molecular flexibility index (Phi) is 5.86. The summed E-state index contributed by atoms with van der Waals surface area (Å²) in [5.74, 6) is -2.02. The van der Waals surface area contributed by atoms with Gasteiger partial charge in [-0.25, -0.2) is 8.78 Å². The molecular weight excluding hydrogens is 340 g/mol. The number of para-hydroxylation sites is 1. The van der Waals surface area contributed by atoms with E-state index in [4.69, 9.17) is 0 Å². The molecule has 2 unspecified atom stereocenters. The Hall–Kier alpha value is -2.02. The van der Waals surface area contributed by atoms with E-state index in [0.29, 0.717) is 31.0 Å². The fourth-order valence-corrected chi connectivity index (χ4v) is 4.06. The smallest absolute Gasteiger partial charge is 0.244 e. The minimum Gasteiger partial charge on any atom is -0.334 e. The highest BCUT2D eigenvalue weighted by Crippen LogP contribution is 2.33. The largest absolute Gasteiger partial charge is 0.334 e. The summed E-state index contributed by atoms with van der Waals surface area (Å²) in [7, 11) is 0. The first-order valence-electron chi connectivity index (χ1n) is 9.24. The number of amides is 2. The maximum atomic E-state index is 13.6. The molecule has 5 nitrogen and oxygen atoms in total. The van der Waals surface area contributed by atoms with Gasteiger partial charge in [-0.2, -0.15) is 0 Å². The highest BCUT2D eigenvalue weighted by molar-refractivity contribution is 5.94. The van der Waals surface area contributed by atoms with E-state index >= 15 is 0 Å². The van der Waals surface area contributed by atoms with Crippen LogP contribution in [0.2, 0.25) is 0 Å². The van der Waals surface area contributed by atoms with E-state index in [0.717, 1.165) is 25.0 Å². The standard InChI is InChI=1S/C19H25F2N3O2/c1-2-24(11-17(25)23-19-15(20)4-3-5-16(19)21)18(26)10-12-8-13-6-7-14(9-12)22-13/h3-5,12-14,22H,2,6-11H2,1H3,(H,23,25). The fourth-order valence-electron chi connectivity index (χ4n) is 4.06. The first kappa shape index (κ1) is 18.8. The van der Waals surface area contributed by atoms with Crippen LogP contribution in [0.5, 0.6) is 0 Å². The monoisotopic (exact) mass is 365 g/mol. The van der Waals surface area contributed by atoms with Gasteiger partial charge in [-0.1, -0.05) is 6.07 Å². The van der Waals surface area contributed by atoms with Crippen molar-refractivity contribution in [2.45, 2.75) is 51.1 Å². The molecule has 2 fully saturated rings. The molecular formula is C19H25F2N3O2. The van der Waals surface area contributed by atoms with Crippen LogP contribution in [0.3, 0.4) is 0 Å². The summed E-state index contributed by atoms with van der Waals surface area (Å²) in [5, 5.41) is 5.78. The molecule has 3 rings (SSSR count). The molecule has 0 aromatic heterocycles. The van der Waals surface area contributed by atoms with Crippen molar-refractivity contribution in [2.75, 3.05) is 18.4 Å². The summed E-state index contributed by atoms with van der Waals surface area (Å²) in [6.45, 7) is 1.96. The lowest BCUT2D eigenvalue weighted by molar-refractivity contribution is -0.135. The number of rotatable bonds is 6. The van der Waals surface area contributed by atoms with E-state index in [1.807, 2.05) is 0 Å². The molecule has 0 saturated carbocycles. The molecule has 0 spiro atoms. The van der Waals surface area contributed by atoms with Gasteiger partial charge in [-0.05, 0) is 50.7 Å². The summed E-state index contributed by atoms with van der Waals surface area (Å²) in [6, 6.07) is 4.40. The highest BCUT2D eigenvalue weighted by Gasteiger charge is 2.34. The fraction of sp³-hybridized carbons (Fsp3) is 0.579. The van der Waals surface area contributed by atoms with Crippen LogP contribution in [0.15, 0.2) is 18.2 Å². The second-order valence-electron chi connectivity index (χ2n) is 7.23. The van der Waals surface area contributed by atoms with Crippen molar-refractivity contribution in [3.05, 3.63) is 29.8 Å². The molecule has 26 heavy (non-hydrogen) atoms. The minimum absolute atomic E-state index is 0.0806. The number of likely N-dealkylation sites (N-methyl/N-ethyl adjacent to an activating group) is 1. The number of benzene rings is 1. The number of piperidine rings is 1. The van der Waals surface area contributed by atoms with E-state index in [1.165, 1.54) is 23.8 Å². The Morgan fingerprint density at radius 3 is 2.38 bits per heavy atom. The quantitative estimate of drug-likeness (QED) is 0.815. The molecule has 1 aromatic carbocycles. The van der Waals surface area contributed by atoms with Crippen LogP contribution in [0.25, 0.3) is 0 Å². The predicted molar refractivity (Wildman–Crippen MR) is 94.5 cm³/mol. The van der Waals surface area contributed by atoms with E-state index in [1.54, 1.807) is 6.92 Å². The second-order valence-corrected chi connectivity index (χ2v) is 7.23. The van der Waals surface area contributed by atoms with Gasteiger partial charge in [0.25, 0.3) is 0 Å². The van der Waals surface area contributed by atoms with E-state index in [2.05, 4.69) is 10.6 Å². The second kappa shape index (κ2) is 8.12. The van der Waals surface area contributed by atoms with Crippen LogP contribution in [0.4, 0.5) is 14.5 Å². The lowest BCUT2D eigenvalue weighted by atomic mass is 9.89. The molecule has 7 heteroatoms. The molecule has 0 radical (unpaired) electrons. The summed E-state index contributed by atoms with van der Waals surface area (Å²) in [4.78, 5) is 26.2. The van der Waals surface area contributed by atoms with E-state index < -0.39 is 23.2 Å². The number of hydrogen-bond donors (Lipinski definition) is 2. The van der Waals surface area contributed by atoms with Crippen LogP contribution in [0, 0.1) is 17.6 Å². The summed E-state index contributed by atoms with van der Waals surface area (Å²) >= 11 is 0. The highest BCUT2D eigenvalue weighted by atomic mass is 19.1. The van der Waals surface area contributed by atoms with Crippen molar-refractivity contribution >= 4 is 17.5 Å². The van der Waals surface area contributed by atoms with Crippen LogP contribution in [0.1, 0.15) is 39.0 Å². The molecule has 1 aromatic rings. The lowest BCUT2D eigenvalue weighted by Crippen LogP contribution is -2.42. The van der Waals surface area contributed by atoms with E-state index in [-0.39, 0.29) is 12.5 Å². The number of fused-ring (bicyclic) bond motifs is 2. The molecule has 2 bridgehead atoms. The number of nitrogens with zero attached hydrogens (tertiary/aromatic N) is 1. The minimum atomic E-state index is -0.835. The topological polar surface area (TPSA) is 61.4 Å². The average molecular weight is 365 g/mol. The van der Waals surface area contributed by atoms with Crippen LogP contribution >= 0.6 is 0 Å². The van der Waals surface area contributed by atoms with Crippen molar-refractivity contribution in [1.29, 1.82) is 0 Å². The van der Waals surface area contributed by atoms with Crippen molar-refractivity contribution in [3.63, 3.8) is 0 Å². The predicted octanol–water partition coefficient (Wildman–Crippen LogP) is 2.67. The Balaban J connectivity index is 1.54. The summed E-state index contributed by atoms with van der Waals surface area (Å²) in [5.41, 5.74) is -0.476. The number of carbonyl (C=O) groups excluding carboxylic acids is 2. The lowest BCUT2D eigenvalue weighted by Gasteiger charge is -2.30. The van der Waals surface area contributed by atoms with E-state index in [9.17, 15) is 18.4 Å². The van der Waals surface area contributed by atoms with Gasteiger partial charge in [-0.15, -0.1) is 0 Å². The molecule has 142 valence electrons. The molecule has 2 aliphatic rings. The Bertz CT molecular complexity index is 650. The third kappa shape index (κ3) is 4.38. The first-order chi connectivity index (χ1) is 12.5. The molecule has 2 amide bonds. The first-order valence-corrected chi connectivity index (χ1v) is 9.24. The van der Waals surface area contributed by atoms with Crippen LogP contribution in [-0.2, 0) is 9.59 Å². The van der Waals surface area contributed by atoms with Crippen LogP contribution < -0.4 is 10.6 Å². The molecule has 2 aliphatic heterocycles. The van der Waals surface area contributed by atoms with Crippen LogP contribution in [-0.4, -0.2) is 41.9 Å². The number of halogens is 2. The van der Waals surface area contributed by atoms with Gasteiger partial charge < -0.3 is 15.5 Å². The molecule has 2 heterocycles. The van der Waals surface area contributed by atoms with Gasteiger partial charge in [-0.3, -0.25) is 9.59 Å². The number of hydrogen-bond acceptors (Lipinski definition) is 3. The Morgan fingerprint density at radius 1 is 1.19 bits per heavy atom. The summed E-state index contributed by atoms with van der Waals surface area (Å²) < 4.78 is 27.3. The summed E-state index contributed by atoms with van der Waals surface area (Å²) in [6.07, 6.45) is 4.75. The van der Waals surface area contributed by atoms with Gasteiger partial charge in [0, 0.05) is 25.0 Å². The van der Waals surface area contributed by atoms with Gasteiger partial charge in [0.1, 0.15) is 17.3 Å².